The van der Waals surface area contributed by atoms with E-state index in [0.717, 1.165) is 11.1 Å². The van der Waals surface area contributed by atoms with Gasteiger partial charge in [-0.15, -0.1) is 0 Å². The molecule has 1 saturated heterocycles. The third-order valence-corrected chi connectivity index (χ3v) is 8.87. The van der Waals surface area contributed by atoms with Crippen LogP contribution in [-0.2, 0) is 28.4 Å². The lowest BCUT2D eigenvalue weighted by molar-refractivity contribution is -0.177. The van der Waals surface area contributed by atoms with Gasteiger partial charge in [-0.05, 0) is 44.2 Å². The number of benzene rings is 2. The number of ether oxygens (including phenoxy) is 2. The van der Waals surface area contributed by atoms with Crippen LogP contribution < -0.4 is 10.1 Å². The summed E-state index contributed by atoms with van der Waals surface area (Å²) in [6.45, 7) is 5.27. The monoisotopic (exact) mass is 746 g/mol. The van der Waals surface area contributed by atoms with Crippen LogP contribution >= 0.6 is 0 Å². The predicted octanol–water partition coefficient (Wildman–Crippen LogP) is 5.38. The average Bonchev–Trinajstić information content (AvgIpc) is 3.08. The van der Waals surface area contributed by atoms with Gasteiger partial charge in [0, 0.05) is 44.4 Å². The van der Waals surface area contributed by atoms with Crippen molar-refractivity contribution in [3.8, 4) is 17.0 Å². The molecule has 1 unspecified atom stereocenters. The van der Waals surface area contributed by atoms with Gasteiger partial charge in [-0.3, -0.25) is 9.69 Å². The molecular formula is C33H34F8N6O5. The molecule has 1 amide bonds. The smallest absolute Gasteiger partial charge is 0.433 e. The topological polar surface area (TPSA) is 124 Å². The Kier molecular flexibility index (Phi) is 11.1. The first kappa shape index (κ1) is 38.8. The number of rotatable bonds is 9. The highest BCUT2D eigenvalue weighted by Gasteiger charge is 2.47. The van der Waals surface area contributed by atoms with E-state index in [0.29, 0.717) is 57.4 Å². The van der Waals surface area contributed by atoms with Crippen molar-refractivity contribution in [1.29, 1.82) is 0 Å². The van der Waals surface area contributed by atoms with Crippen LogP contribution in [0, 0.1) is 11.6 Å². The number of carbonyl (C=O) groups is 1. The number of anilines is 1. The summed E-state index contributed by atoms with van der Waals surface area (Å²) in [6, 6.07) is 4.63. The Hall–Kier alpha value is -4.43. The largest absolute Gasteiger partial charge is 0.510 e. The number of aliphatic hydroxyl groups excluding tert-OH is 2. The third-order valence-electron chi connectivity index (χ3n) is 8.87. The number of hydrogen-bond acceptors (Lipinski definition) is 10. The number of alkyl halides is 6. The van der Waals surface area contributed by atoms with Crippen molar-refractivity contribution in [1.82, 2.24) is 24.9 Å². The summed E-state index contributed by atoms with van der Waals surface area (Å²) >= 11 is 0. The number of aliphatic hydroxyl groups is 2. The fraction of sp³-hybridized carbons (Fsp3) is 0.424. The van der Waals surface area contributed by atoms with E-state index in [2.05, 4.69) is 15.3 Å². The second kappa shape index (κ2) is 14.9. The molecule has 3 aromatic rings. The van der Waals surface area contributed by atoms with Gasteiger partial charge >= 0.3 is 12.4 Å². The van der Waals surface area contributed by atoms with Crippen molar-refractivity contribution < 1.29 is 59.6 Å². The van der Waals surface area contributed by atoms with E-state index in [1.54, 1.807) is 0 Å². The molecule has 1 aromatic heterocycles. The van der Waals surface area contributed by atoms with Gasteiger partial charge in [-0.2, -0.15) is 30.7 Å². The Labute approximate surface area is 292 Å². The van der Waals surface area contributed by atoms with Gasteiger partial charge in [0.25, 0.3) is 5.91 Å². The molecule has 282 valence electrons. The molecular weight excluding hydrogens is 712 g/mol. The molecule has 19 heteroatoms. The van der Waals surface area contributed by atoms with E-state index < -0.39 is 87.7 Å². The van der Waals surface area contributed by atoms with Crippen LogP contribution in [0.1, 0.15) is 30.7 Å². The number of halogens is 8. The van der Waals surface area contributed by atoms with E-state index in [9.17, 15) is 41.4 Å². The molecule has 5 rings (SSSR count). The zero-order valence-corrected chi connectivity index (χ0v) is 27.9. The number of hydrogen-bond donors (Lipinski definition) is 3. The number of hydrazine groups is 1. The van der Waals surface area contributed by atoms with Gasteiger partial charge in [0.1, 0.15) is 30.0 Å². The maximum absolute atomic E-state index is 15.4. The number of nitrogens with zero attached hydrogens (tertiary/aromatic N) is 5. The summed E-state index contributed by atoms with van der Waals surface area (Å²) in [5.74, 6) is -4.90. The first-order valence-electron chi connectivity index (χ1n) is 15.7. The van der Waals surface area contributed by atoms with Crippen LogP contribution in [0.2, 0.25) is 0 Å². The fourth-order valence-corrected chi connectivity index (χ4v) is 5.64. The Morgan fingerprint density at radius 1 is 1.02 bits per heavy atom. The molecule has 11 nitrogen and oxygen atoms in total. The van der Waals surface area contributed by atoms with Crippen LogP contribution in [0.15, 0.2) is 54.1 Å². The highest BCUT2D eigenvalue weighted by atomic mass is 19.4. The number of nitrogens with one attached hydrogen (secondary N) is 1. The van der Waals surface area contributed by atoms with Gasteiger partial charge in [-0.25, -0.2) is 24.4 Å². The standard InChI is InChI=1S/C33H34F8N6O5/c1-31(2)28(48)25(29(49)44-21-6-5-19(32(36,37)38)14-20(21)22-15-24(33(39,40)41)43-17-42-22)30(50)47(45(31)3)16-18-4-7-23(27(35)26(18)34)52-13-10-46-8-11-51-12-9-46/h4-7,14-15,17,30,48,50H,8-13,16H2,1-3H3,(H,44,49). The average molecular weight is 747 g/mol. The molecule has 0 saturated carbocycles. The minimum atomic E-state index is -4.98. The minimum absolute atomic E-state index is 0.0708. The van der Waals surface area contributed by atoms with Crippen molar-refractivity contribution in [2.75, 3.05) is 51.8 Å². The van der Waals surface area contributed by atoms with Crippen LogP contribution in [0.5, 0.6) is 5.75 Å². The van der Waals surface area contributed by atoms with Gasteiger partial charge < -0.3 is 25.0 Å². The molecule has 2 aliphatic rings. The molecule has 3 heterocycles. The third kappa shape index (κ3) is 8.12. The predicted molar refractivity (Wildman–Crippen MR) is 168 cm³/mol. The second-order valence-corrected chi connectivity index (χ2v) is 12.5. The first-order chi connectivity index (χ1) is 24.3. The molecule has 0 spiro atoms. The highest BCUT2D eigenvalue weighted by Crippen LogP contribution is 2.39. The van der Waals surface area contributed by atoms with Crippen molar-refractivity contribution in [3.63, 3.8) is 0 Å². The summed E-state index contributed by atoms with van der Waals surface area (Å²) in [6.07, 6.45) is -11.5. The molecule has 2 aromatic carbocycles. The molecule has 0 bridgehead atoms. The first-order valence-corrected chi connectivity index (χ1v) is 15.7. The number of amides is 1. The lowest BCUT2D eigenvalue weighted by atomic mass is 9.92. The summed E-state index contributed by atoms with van der Waals surface area (Å²) in [7, 11) is 1.40. The number of aromatic nitrogens is 2. The fourth-order valence-electron chi connectivity index (χ4n) is 5.64. The van der Waals surface area contributed by atoms with Crippen LogP contribution in [-0.4, -0.2) is 99.3 Å². The second-order valence-electron chi connectivity index (χ2n) is 12.5. The zero-order chi connectivity index (χ0) is 38.2. The molecule has 0 radical (unpaired) electrons. The number of likely N-dealkylation sites (N-methyl/N-ethyl adjacent to an activating group) is 1. The van der Waals surface area contributed by atoms with Crippen LogP contribution in [0.4, 0.5) is 40.8 Å². The molecule has 3 N–H and O–H groups in total. The quantitative estimate of drug-likeness (QED) is 0.246. The number of morpholine rings is 1. The van der Waals surface area contributed by atoms with Crippen molar-refractivity contribution in [2.24, 2.45) is 0 Å². The Bertz CT molecular complexity index is 1830. The summed E-state index contributed by atoms with van der Waals surface area (Å²) in [5, 5.41) is 27.1. The molecule has 1 atom stereocenters. The summed E-state index contributed by atoms with van der Waals surface area (Å²) in [4.78, 5) is 22.5. The van der Waals surface area contributed by atoms with Crippen molar-refractivity contribution >= 4 is 11.6 Å². The highest BCUT2D eigenvalue weighted by molar-refractivity contribution is 6.07. The Morgan fingerprint density at radius 2 is 1.71 bits per heavy atom. The van der Waals surface area contributed by atoms with Crippen molar-refractivity contribution in [2.45, 2.75) is 44.5 Å². The summed E-state index contributed by atoms with van der Waals surface area (Å²) in [5.41, 5.74) is -6.89. The molecule has 52 heavy (non-hydrogen) atoms. The normalized spacial score (nSPS) is 19.2. The zero-order valence-electron chi connectivity index (χ0n) is 27.9. The van der Waals surface area contributed by atoms with Gasteiger partial charge in [0.2, 0.25) is 5.82 Å². The van der Waals surface area contributed by atoms with E-state index in [1.165, 1.54) is 38.0 Å². The molecule has 0 aliphatic carbocycles. The minimum Gasteiger partial charge on any atom is -0.510 e. The number of carbonyl (C=O) groups excluding carboxylic acids is 1. The van der Waals surface area contributed by atoms with Crippen LogP contribution in [0.3, 0.4) is 0 Å². The van der Waals surface area contributed by atoms with Gasteiger partial charge in [-0.1, -0.05) is 6.07 Å². The van der Waals surface area contributed by atoms with Crippen molar-refractivity contribution in [3.05, 3.63) is 82.5 Å². The lowest BCUT2D eigenvalue weighted by Gasteiger charge is -2.49. The molecule has 2 aliphatic heterocycles. The van der Waals surface area contributed by atoms with Gasteiger partial charge in [0.05, 0.1) is 35.7 Å². The Morgan fingerprint density at radius 3 is 2.37 bits per heavy atom. The summed E-state index contributed by atoms with van der Waals surface area (Å²) < 4.78 is 122. The maximum Gasteiger partial charge on any atom is 0.433 e. The van der Waals surface area contributed by atoms with E-state index in [4.69, 9.17) is 9.47 Å². The lowest BCUT2D eigenvalue weighted by Crippen LogP contribution is -2.62. The van der Waals surface area contributed by atoms with E-state index >= 15 is 8.78 Å². The SMILES string of the molecule is CN1N(Cc2ccc(OCCN3CCOCC3)c(F)c2F)C(O)C(C(=O)Nc2ccc(C(F)(F)F)cc2-c2cc(C(F)(F)F)ncn2)=C(O)C1(C)C. The van der Waals surface area contributed by atoms with E-state index in [-0.39, 0.29) is 17.9 Å². The maximum atomic E-state index is 15.4. The Balaban J connectivity index is 1.42. The van der Waals surface area contributed by atoms with Gasteiger partial charge in [0.15, 0.2) is 17.8 Å². The van der Waals surface area contributed by atoms with E-state index in [1.807, 2.05) is 4.90 Å². The molecule has 1 fully saturated rings. The van der Waals surface area contributed by atoms with Crippen LogP contribution in [0.25, 0.3) is 11.3 Å².